The number of hydrogen-bond acceptors (Lipinski definition) is 4. The molecule has 0 unspecified atom stereocenters. The summed E-state index contributed by atoms with van der Waals surface area (Å²) in [6, 6.07) is 12.2. The molecule has 0 fully saturated rings. The molecule has 6 heteroatoms. The van der Waals surface area contributed by atoms with Crippen LogP contribution in [0.25, 0.3) is 0 Å². The van der Waals surface area contributed by atoms with Crippen molar-refractivity contribution in [1.29, 1.82) is 0 Å². The second-order valence-corrected chi connectivity index (χ2v) is 4.85. The number of nitrogens with one attached hydrogen (secondary N) is 1. The van der Waals surface area contributed by atoms with Crippen LogP contribution in [0, 0.1) is 17.0 Å². The van der Waals surface area contributed by atoms with Crippen LogP contribution < -0.4 is 10.1 Å². The molecule has 0 radical (unpaired) electrons. The minimum Gasteiger partial charge on any atom is -0.497 e. The van der Waals surface area contributed by atoms with Gasteiger partial charge in [-0.3, -0.25) is 10.1 Å². The zero-order valence-corrected chi connectivity index (χ0v) is 12.4. The van der Waals surface area contributed by atoms with E-state index in [9.17, 15) is 10.1 Å². The number of hydrogen-bond donors (Lipinski definition) is 1. The Kier molecular flexibility index (Phi) is 4.49. The second-order valence-electron chi connectivity index (χ2n) is 4.44. The Hall–Kier alpha value is -2.47. The fraction of sp³-hybridized carbons (Fsp3) is 0.133. The van der Waals surface area contributed by atoms with Crippen molar-refractivity contribution in [3.05, 3.63) is 63.7 Å². The van der Waals surface area contributed by atoms with Crippen LogP contribution in [0.1, 0.15) is 11.1 Å². The molecule has 1 N–H and O–H groups in total. The van der Waals surface area contributed by atoms with Crippen molar-refractivity contribution >= 4 is 28.6 Å². The van der Waals surface area contributed by atoms with E-state index in [4.69, 9.17) is 17.0 Å². The van der Waals surface area contributed by atoms with E-state index in [0.717, 1.165) is 11.4 Å². The van der Waals surface area contributed by atoms with Crippen LogP contribution in [0.15, 0.2) is 42.5 Å². The van der Waals surface area contributed by atoms with Gasteiger partial charge in [-0.15, -0.1) is 0 Å². The maximum absolute atomic E-state index is 11.0. The smallest absolute Gasteiger partial charge is 0.273 e. The van der Waals surface area contributed by atoms with Gasteiger partial charge in [0.05, 0.1) is 12.0 Å². The van der Waals surface area contributed by atoms with Gasteiger partial charge in [-0.25, -0.2) is 0 Å². The Morgan fingerprint density at radius 2 is 1.90 bits per heavy atom. The van der Waals surface area contributed by atoms with Crippen LogP contribution in [0.4, 0.5) is 11.4 Å². The second kappa shape index (κ2) is 6.32. The van der Waals surface area contributed by atoms with Crippen molar-refractivity contribution in [2.75, 3.05) is 12.4 Å². The van der Waals surface area contributed by atoms with E-state index in [-0.39, 0.29) is 5.69 Å². The number of benzene rings is 2. The molecule has 0 saturated heterocycles. The third-order valence-electron chi connectivity index (χ3n) is 3.02. The molecule has 0 atom stereocenters. The number of methoxy groups -OCH3 is 1. The van der Waals surface area contributed by atoms with Crippen molar-refractivity contribution in [2.45, 2.75) is 6.92 Å². The van der Waals surface area contributed by atoms with Crippen LogP contribution in [-0.4, -0.2) is 17.0 Å². The van der Waals surface area contributed by atoms with Gasteiger partial charge in [0.1, 0.15) is 10.7 Å². The van der Waals surface area contributed by atoms with Gasteiger partial charge in [0.25, 0.3) is 5.69 Å². The molecule has 0 aliphatic heterocycles. The molecule has 108 valence electrons. The van der Waals surface area contributed by atoms with Crippen molar-refractivity contribution in [1.82, 2.24) is 0 Å². The first-order chi connectivity index (χ1) is 10.0. The summed E-state index contributed by atoms with van der Waals surface area (Å²) in [5.74, 6) is 0.748. The third kappa shape index (κ3) is 3.55. The number of nitrogens with zero attached hydrogens (tertiary/aromatic N) is 1. The van der Waals surface area contributed by atoms with E-state index < -0.39 is 4.92 Å². The number of anilines is 1. The van der Waals surface area contributed by atoms with Crippen molar-refractivity contribution < 1.29 is 9.66 Å². The molecule has 2 aromatic carbocycles. The van der Waals surface area contributed by atoms with Crippen molar-refractivity contribution in [2.24, 2.45) is 0 Å². The fourth-order valence-electron chi connectivity index (χ4n) is 1.82. The molecule has 21 heavy (non-hydrogen) atoms. The first kappa shape index (κ1) is 14.9. The lowest BCUT2D eigenvalue weighted by atomic mass is 10.1. The van der Waals surface area contributed by atoms with Crippen LogP contribution >= 0.6 is 12.2 Å². The van der Waals surface area contributed by atoms with Gasteiger partial charge in [-0.2, -0.15) is 0 Å². The highest BCUT2D eigenvalue weighted by atomic mass is 32.1. The van der Waals surface area contributed by atoms with Crippen molar-refractivity contribution in [3.8, 4) is 5.75 Å². The van der Waals surface area contributed by atoms with E-state index in [0.29, 0.717) is 16.1 Å². The lowest BCUT2D eigenvalue weighted by Gasteiger charge is -2.09. The molecule has 2 aromatic rings. The zero-order valence-electron chi connectivity index (χ0n) is 11.6. The van der Waals surface area contributed by atoms with Gasteiger partial charge in [0.15, 0.2) is 0 Å². The molecule has 0 heterocycles. The quantitative estimate of drug-likeness (QED) is 0.530. The Morgan fingerprint density at radius 1 is 1.24 bits per heavy atom. The van der Waals surface area contributed by atoms with Gasteiger partial charge >= 0.3 is 0 Å². The first-order valence-corrected chi connectivity index (χ1v) is 6.62. The predicted octanol–water partition coefficient (Wildman–Crippen LogP) is 3.70. The van der Waals surface area contributed by atoms with E-state index >= 15 is 0 Å². The summed E-state index contributed by atoms with van der Waals surface area (Å²) in [6.45, 7) is 1.70. The van der Waals surface area contributed by atoms with Crippen molar-refractivity contribution in [3.63, 3.8) is 0 Å². The topological polar surface area (TPSA) is 64.4 Å². The Labute approximate surface area is 127 Å². The number of rotatable bonds is 4. The highest BCUT2D eigenvalue weighted by Crippen LogP contribution is 2.21. The summed E-state index contributed by atoms with van der Waals surface area (Å²) in [7, 11) is 1.60. The number of thiocarbonyl (C=S) groups is 1. The van der Waals surface area contributed by atoms with E-state index in [2.05, 4.69) is 5.32 Å². The monoisotopic (exact) mass is 302 g/mol. The molecule has 0 aromatic heterocycles. The molecule has 0 saturated carbocycles. The van der Waals surface area contributed by atoms with Crippen LogP contribution in [0.5, 0.6) is 5.75 Å². The SMILES string of the molecule is COc1ccc(NC(=S)c2ccc(C)c([N+](=O)[O-])c2)cc1. The highest BCUT2D eigenvalue weighted by Gasteiger charge is 2.13. The van der Waals surface area contributed by atoms with Gasteiger partial charge in [0, 0.05) is 22.9 Å². The normalized spacial score (nSPS) is 10.0. The van der Waals surface area contributed by atoms with E-state index in [1.165, 1.54) is 6.07 Å². The fourth-order valence-corrected chi connectivity index (χ4v) is 2.07. The van der Waals surface area contributed by atoms with Crippen LogP contribution in [0.3, 0.4) is 0 Å². The molecular formula is C15H14N2O3S. The van der Waals surface area contributed by atoms with Gasteiger partial charge in [-0.05, 0) is 31.2 Å². The summed E-state index contributed by atoms with van der Waals surface area (Å²) in [6.07, 6.45) is 0. The molecule has 0 spiro atoms. The molecule has 2 rings (SSSR count). The first-order valence-electron chi connectivity index (χ1n) is 6.21. The minimum absolute atomic E-state index is 0.0615. The minimum atomic E-state index is -0.408. The molecule has 0 aliphatic carbocycles. The number of ether oxygens (including phenoxy) is 1. The van der Waals surface area contributed by atoms with Gasteiger partial charge < -0.3 is 10.1 Å². The molecule has 0 bridgehead atoms. The Morgan fingerprint density at radius 3 is 2.48 bits per heavy atom. The third-order valence-corrected chi connectivity index (χ3v) is 3.35. The largest absolute Gasteiger partial charge is 0.497 e. The maximum atomic E-state index is 11.0. The average Bonchev–Trinajstić information content (AvgIpc) is 2.48. The molecule has 5 nitrogen and oxygen atoms in total. The van der Waals surface area contributed by atoms with Crippen LogP contribution in [0.2, 0.25) is 0 Å². The van der Waals surface area contributed by atoms with E-state index in [1.807, 2.05) is 24.3 Å². The highest BCUT2D eigenvalue weighted by molar-refractivity contribution is 7.81. The molecule has 0 amide bonds. The lowest BCUT2D eigenvalue weighted by Crippen LogP contribution is -2.11. The Balaban J connectivity index is 2.19. The van der Waals surface area contributed by atoms with Gasteiger partial charge in [-0.1, -0.05) is 24.4 Å². The average molecular weight is 302 g/mol. The lowest BCUT2D eigenvalue weighted by molar-refractivity contribution is -0.385. The zero-order chi connectivity index (χ0) is 15.4. The van der Waals surface area contributed by atoms with E-state index in [1.54, 1.807) is 26.2 Å². The predicted molar refractivity (Wildman–Crippen MR) is 86.2 cm³/mol. The number of aryl methyl sites for hydroxylation is 1. The van der Waals surface area contributed by atoms with Crippen LogP contribution in [-0.2, 0) is 0 Å². The summed E-state index contributed by atoms with van der Waals surface area (Å²) < 4.78 is 5.08. The summed E-state index contributed by atoms with van der Waals surface area (Å²) in [4.78, 5) is 11.0. The summed E-state index contributed by atoms with van der Waals surface area (Å²) >= 11 is 5.29. The summed E-state index contributed by atoms with van der Waals surface area (Å²) in [5.41, 5.74) is 2.07. The van der Waals surface area contributed by atoms with Gasteiger partial charge in [0.2, 0.25) is 0 Å². The number of nitro benzene ring substituents is 1. The molecular weight excluding hydrogens is 288 g/mol. The Bertz CT molecular complexity index is 684. The standard InChI is InChI=1S/C15H14N2O3S/c1-10-3-4-11(9-14(10)17(18)19)15(21)16-12-5-7-13(20-2)8-6-12/h3-9H,1-2H3,(H,16,21). The number of nitro groups is 1. The summed E-state index contributed by atoms with van der Waals surface area (Å²) in [5, 5.41) is 14.0. The maximum Gasteiger partial charge on any atom is 0.273 e. The molecule has 0 aliphatic rings.